The first kappa shape index (κ1) is 17.3. The van der Waals surface area contributed by atoms with Gasteiger partial charge in [0.1, 0.15) is 0 Å². The SMILES string of the molecule is CCCNC(=O)c1cccc(C(=O)Nc2ccc(Cl)c(Cl)c2)c1. The van der Waals surface area contributed by atoms with Gasteiger partial charge in [-0.1, -0.05) is 36.2 Å². The van der Waals surface area contributed by atoms with Crippen LogP contribution in [0.15, 0.2) is 42.5 Å². The van der Waals surface area contributed by atoms with E-state index in [0.29, 0.717) is 33.4 Å². The lowest BCUT2D eigenvalue weighted by Crippen LogP contribution is -2.24. The Labute approximate surface area is 144 Å². The van der Waals surface area contributed by atoms with Crippen molar-refractivity contribution in [3.63, 3.8) is 0 Å². The molecule has 0 bridgehead atoms. The summed E-state index contributed by atoms with van der Waals surface area (Å²) in [5, 5.41) is 6.27. The zero-order valence-corrected chi connectivity index (χ0v) is 14.0. The lowest BCUT2D eigenvalue weighted by atomic mass is 10.1. The van der Waals surface area contributed by atoms with Crippen molar-refractivity contribution in [1.29, 1.82) is 0 Å². The van der Waals surface area contributed by atoms with Crippen LogP contribution in [0.5, 0.6) is 0 Å². The molecular weight excluding hydrogens is 335 g/mol. The van der Waals surface area contributed by atoms with Gasteiger partial charge < -0.3 is 10.6 Å². The van der Waals surface area contributed by atoms with Gasteiger partial charge in [0.2, 0.25) is 0 Å². The van der Waals surface area contributed by atoms with Crippen LogP contribution < -0.4 is 10.6 Å². The smallest absolute Gasteiger partial charge is 0.255 e. The molecule has 6 heteroatoms. The summed E-state index contributed by atoms with van der Waals surface area (Å²) >= 11 is 11.8. The number of hydrogen-bond acceptors (Lipinski definition) is 2. The summed E-state index contributed by atoms with van der Waals surface area (Å²) in [6.45, 7) is 2.57. The molecule has 0 radical (unpaired) electrons. The zero-order chi connectivity index (χ0) is 16.8. The molecule has 0 saturated carbocycles. The highest BCUT2D eigenvalue weighted by atomic mass is 35.5. The van der Waals surface area contributed by atoms with E-state index in [1.54, 1.807) is 42.5 Å². The zero-order valence-electron chi connectivity index (χ0n) is 12.5. The fourth-order valence-electron chi connectivity index (χ4n) is 1.92. The standard InChI is InChI=1S/C17H16Cl2N2O2/c1-2-8-20-16(22)11-4-3-5-12(9-11)17(23)21-13-6-7-14(18)15(19)10-13/h3-7,9-10H,2,8H2,1H3,(H,20,22)(H,21,23). The number of hydrogen-bond donors (Lipinski definition) is 2. The topological polar surface area (TPSA) is 58.2 Å². The molecular formula is C17H16Cl2N2O2. The van der Waals surface area contributed by atoms with Gasteiger partial charge in [0.05, 0.1) is 10.0 Å². The van der Waals surface area contributed by atoms with Crippen LogP contribution in [0.1, 0.15) is 34.1 Å². The summed E-state index contributed by atoms with van der Waals surface area (Å²) in [4.78, 5) is 24.2. The van der Waals surface area contributed by atoms with Crippen molar-refractivity contribution in [2.45, 2.75) is 13.3 Å². The quantitative estimate of drug-likeness (QED) is 0.840. The van der Waals surface area contributed by atoms with E-state index in [4.69, 9.17) is 23.2 Å². The molecule has 0 fully saturated rings. The first-order valence-electron chi connectivity index (χ1n) is 7.16. The summed E-state index contributed by atoms with van der Waals surface area (Å²) in [5.74, 6) is -0.524. The fraction of sp³-hybridized carbons (Fsp3) is 0.176. The molecule has 2 aromatic carbocycles. The Morgan fingerprint density at radius 1 is 0.957 bits per heavy atom. The molecule has 2 N–H and O–H groups in total. The number of nitrogens with one attached hydrogen (secondary N) is 2. The van der Waals surface area contributed by atoms with Gasteiger partial charge in [0.25, 0.3) is 11.8 Å². The number of rotatable bonds is 5. The van der Waals surface area contributed by atoms with Crippen LogP contribution in [-0.4, -0.2) is 18.4 Å². The minimum Gasteiger partial charge on any atom is -0.352 e. The van der Waals surface area contributed by atoms with Crippen LogP contribution in [0.4, 0.5) is 5.69 Å². The Kier molecular flexibility index (Phi) is 6.02. The van der Waals surface area contributed by atoms with Gasteiger partial charge in [0.15, 0.2) is 0 Å². The van der Waals surface area contributed by atoms with Crippen molar-refractivity contribution in [1.82, 2.24) is 5.32 Å². The molecule has 23 heavy (non-hydrogen) atoms. The van der Waals surface area contributed by atoms with Crippen molar-refractivity contribution in [3.8, 4) is 0 Å². The van der Waals surface area contributed by atoms with Gasteiger partial charge in [0, 0.05) is 23.4 Å². The van der Waals surface area contributed by atoms with Gasteiger partial charge >= 0.3 is 0 Å². The minimum absolute atomic E-state index is 0.198. The number of carbonyl (C=O) groups excluding carboxylic acids is 2. The number of amides is 2. The van der Waals surface area contributed by atoms with Crippen LogP contribution in [0, 0.1) is 0 Å². The number of halogens is 2. The van der Waals surface area contributed by atoms with Crippen molar-refractivity contribution in [2.24, 2.45) is 0 Å². The molecule has 0 atom stereocenters. The largest absolute Gasteiger partial charge is 0.352 e. The second-order valence-corrected chi connectivity index (χ2v) is 5.73. The second-order valence-electron chi connectivity index (χ2n) is 4.92. The Hall–Kier alpha value is -2.04. The average Bonchev–Trinajstić information content (AvgIpc) is 2.56. The van der Waals surface area contributed by atoms with Crippen LogP contribution in [0.3, 0.4) is 0 Å². The number of carbonyl (C=O) groups is 2. The normalized spacial score (nSPS) is 10.2. The van der Waals surface area contributed by atoms with Crippen molar-refractivity contribution in [3.05, 3.63) is 63.6 Å². The Balaban J connectivity index is 2.13. The Bertz CT molecular complexity index is 732. The van der Waals surface area contributed by atoms with Crippen LogP contribution >= 0.6 is 23.2 Å². The summed E-state index contributed by atoms with van der Waals surface area (Å²) < 4.78 is 0. The summed E-state index contributed by atoms with van der Waals surface area (Å²) in [7, 11) is 0. The molecule has 0 saturated heterocycles. The molecule has 0 aromatic heterocycles. The van der Waals surface area contributed by atoms with E-state index in [9.17, 15) is 9.59 Å². The highest BCUT2D eigenvalue weighted by molar-refractivity contribution is 6.42. The predicted octanol–water partition coefficient (Wildman–Crippen LogP) is 4.39. The van der Waals surface area contributed by atoms with Crippen LogP contribution in [0.25, 0.3) is 0 Å². The number of anilines is 1. The lowest BCUT2D eigenvalue weighted by molar-refractivity contribution is 0.0953. The van der Waals surface area contributed by atoms with E-state index in [-0.39, 0.29) is 11.8 Å². The van der Waals surface area contributed by atoms with Crippen molar-refractivity contribution >= 4 is 40.7 Å². The highest BCUT2D eigenvalue weighted by Gasteiger charge is 2.11. The van der Waals surface area contributed by atoms with Gasteiger partial charge in [-0.3, -0.25) is 9.59 Å². The van der Waals surface area contributed by atoms with E-state index in [0.717, 1.165) is 6.42 Å². The molecule has 2 aromatic rings. The molecule has 2 amide bonds. The average molecular weight is 351 g/mol. The molecule has 0 aliphatic carbocycles. The monoisotopic (exact) mass is 350 g/mol. The van der Waals surface area contributed by atoms with Crippen LogP contribution in [0.2, 0.25) is 10.0 Å². The molecule has 0 aliphatic heterocycles. The first-order chi connectivity index (χ1) is 11.0. The molecule has 0 aliphatic rings. The first-order valence-corrected chi connectivity index (χ1v) is 7.91. The van der Waals surface area contributed by atoms with E-state index in [1.165, 1.54) is 0 Å². The van der Waals surface area contributed by atoms with Gasteiger partial charge in [-0.05, 0) is 42.8 Å². The van der Waals surface area contributed by atoms with E-state index < -0.39 is 0 Å². The highest BCUT2D eigenvalue weighted by Crippen LogP contribution is 2.25. The molecule has 4 nitrogen and oxygen atoms in total. The molecule has 0 unspecified atom stereocenters. The lowest BCUT2D eigenvalue weighted by Gasteiger charge is -2.08. The maximum absolute atomic E-state index is 12.3. The van der Waals surface area contributed by atoms with Crippen LogP contribution in [-0.2, 0) is 0 Å². The van der Waals surface area contributed by atoms with E-state index in [1.807, 2.05) is 6.92 Å². The maximum atomic E-state index is 12.3. The Morgan fingerprint density at radius 2 is 1.65 bits per heavy atom. The molecule has 2 rings (SSSR count). The van der Waals surface area contributed by atoms with E-state index >= 15 is 0 Å². The summed E-state index contributed by atoms with van der Waals surface area (Å²) in [6.07, 6.45) is 0.850. The predicted molar refractivity (Wildman–Crippen MR) is 93.5 cm³/mol. The van der Waals surface area contributed by atoms with Gasteiger partial charge in [-0.2, -0.15) is 0 Å². The van der Waals surface area contributed by atoms with Crippen molar-refractivity contribution in [2.75, 3.05) is 11.9 Å². The molecule has 120 valence electrons. The summed E-state index contributed by atoms with van der Waals surface area (Å²) in [6, 6.07) is 11.4. The van der Waals surface area contributed by atoms with Gasteiger partial charge in [-0.25, -0.2) is 0 Å². The fourth-order valence-corrected chi connectivity index (χ4v) is 2.22. The van der Waals surface area contributed by atoms with Crippen molar-refractivity contribution < 1.29 is 9.59 Å². The van der Waals surface area contributed by atoms with E-state index in [2.05, 4.69) is 10.6 Å². The minimum atomic E-state index is -0.325. The third kappa shape index (κ3) is 4.71. The second kappa shape index (κ2) is 7.99. The summed E-state index contributed by atoms with van der Waals surface area (Å²) in [5.41, 5.74) is 1.37. The third-order valence-corrected chi connectivity index (χ3v) is 3.84. The Morgan fingerprint density at radius 3 is 2.30 bits per heavy atom. The molecule has 0 heterocycles. The number of benzene rings is 2. The third-order valence-electron chi connectivity index (χ3n) is 3.10. The molecule has 0 spiro atoms. The van der Waals surface area contributed by atoms with Gasteiger partial charge in [-0.15, -0.1) is 0 Å². The maximum Gasteiger partial charge on any atom is 0.255 e.